The van der Waals surface area contributed by atoms with E-state index in [1.165, 1.54) is 0 Å². The molecule has 0 aromatic heterocycles. The van der Waals surface area contributed by atoms with E-state index in [0.29, 0.717) is 12.1 Å². The smallest absolute Gasteiger partial charge is 0.309 e. The Kier molecular flexibility index (Phi) is 7.42. The molecule has 4 nitrogen and oxygen atoms in total. The highest BCUT2D eigenvalue weighted by atomic mass is 16.5. The van der Waals surface area contributed by atoms with Crippen LogP contribution < -0.4 is 5.32 Å². The molecule has 1 unspecified atom stereocenters. The van der Waals surface area contributed by atoms with E-state index in [1.807, 2.05) is 6.92 Å². The number of esters is 1. The molecule has 1 atom stereocenters. The van der Waals surface area contributed by atoms with Crippen molar-refractivity contribution in [3.05, 3.63) is 12.2 Å². The Labute approximate surface area is 116 Å². The average Bonchev–Trinajstić information content (AvgIpc) is 2.29. The number of carbonyl (C=O) groups is 2. The highest BCUT2D eigenvalue weighted by Gasteiger charge is 2.24. The molecule has 0 bridgehead atoms. The number of hydrogen-bond donors (Lipinski definition) is 1. The molecule has 0 aliphatic heterocycles. The molecule has 0 aliphatic rings. The van der Waals surface area contributed by atoms with E-state index in [2.05, 4.69) is 32.7 Å². The van der Waals surface area contributed by atoms with Crippen LogP contribution in [0.5, 0.6) is 0 Å². The van der Waals surface area contributed by atoms with Crippen LogP contribution in [0, 0.1) is 11.3 Å². The Morgan fingerprint density at radius 2 is 1.89 bits per heavy atom. The lowest BCUT2D eigenvalue weighted by Gasteiger charge is -2.23. The molecule has 0 fully saturated rings. The van der Waals surface area contributed by atoms with Crippen LogP contribution in [0.15, 0.2) is 12.2 Å². The Morgan fingerprint density at radius 3 is 2.32 bits per heavy atom. The summed E-state index contributed by atoms with van der Waals surface area (Å²) in [7, 11) is 0. The minimum Gasteiger partial charge on any atom is -0.464 e. The van der Waals surface area contributed by atoms with Crippen molar-refractivity contribution in [1.29, 1.82) is 0 Å². The molecule has 0 aromatic carbocycles. The van der Waals surface area contributed by atoms with Gasteiger partial charge in [-0.1, -0.05) is 34.3 Å². The second-order valence-corrected chi connectivity index (χ2v) is 6.07. The normalized spacial score (nSPS) is 12.7. The lowest BCUT2D eigenvalue weighted by molar-refractivity contribution is -0.149. The van der Waals surface area contributed by atoms with E-state index in [0.717, 1.165) is 12.8 Å². The van der Waals surface area contributed by atoms with E-state index in [4.69, 9.17) is 4.74 Å². The third-order valence-corrected chi connectivity index (χ3v) is 2.70. The van der Waals surface area contributed by atoms with E-state index in [-0.39, 0.29) is 29.8 Å². The van der Waals surface area contributed by atoms with E-state index in [1.54, 1.807) is 6.92 Å². The highest BCUT2D eigenvalue weighted by Crippen LogP contribution is 2.26. The largest absolute Gasteiger partial charge is 0.464 e. The SMILES string of the molecule is C=C(C)C(=O)NCCOC(=O)C(CC)CC(C)(C)C. The minimum absolute atomic E-state index is 0.0724. The van der Waals surface area contributed by atoms with Gasteiger partial charge < -0.3 is 10.1 Å². The standard InChI is InChI=1S/C15H27NO3/c1-7-12(10-15(4,5)6)14(18)19-9-8-16-13(17)11(2)3/h12H,2,7-10H2,1,3-6H3,(H,16,17). The average molecular weight is 269 g/mol. The van der Waals surface area contributed by atoms with Gasteiger partial charge in [0, 0.05) is 5.57 Å². The fraction of sp³-hybridized carbons (Fsp3) is 0.733. The van der Waals surface area contributed by atoms with Gasteiger partial charge in [0.1, 0.15) is 6.61 Å². The number of rotatable bonds is 7. The lowest BCUT2D eigenvalue weighted by atomic mass is 9.83. The van der Waals surface area contributed by atoms with Crippen LogP contribution in [0.3, 0.4) is 0 Å². The maximum Gasteiger partial charge on any atom is 0.309 e. The maximum absolute atomic E-state index is 11.9. The van der Waals surface area contributed by atoms with E-state index in [9.17, 15) is 9.59 Å². The zero-order chi connectivity index (χ0) is 15.1. The maximum atomic E-state index is 11.9. The summed E-state index contributed by atoms with van der Waals surface area (Å²) >= 11 is 0. The van der Waals surface area contributed by atoms with Crippen LogP contribution >= 0.6 is 0 Å². The minimum atomic E-state index is -0.210. The Hall–Kier alpha value is -1.32. The fourth-order valence-electron chi connectivity index (χ4n) is 1.72. The zero-order valence-corrected chi connectivity index (χ0v) is 12.8. The van der Waals surface area contributed by atoms with Gasteiger partial charge in [-0.15, -0.1) is 0 Å². The number of amides is 1. The second kappa shape index (κ2) is 7.97. The van der Waals surface area contributed by atoms with Gasteiger partial charge in [-0.05, 0) is 25.2 Å². The zero-order valence-electron chi connectivity index (χ0n) is 12.8. The van der Waals surface area contributed by atoms with Gasteiger partial charge in [-0.2, -0.15) is 0 Å². The van der Waals surface area contributed by atoms with Crippen molar-refractivity contribution >= 4 is 11.9 Å². The van der Waals surface area contributed by atoms with Crippen LogP contribution in [0.1, 0.15) is 47.5 Å². The van der Waals surface area contributed by atoms with Gasteiger partial charge in [0.25, 0.3) is 0 Å². The molecule has 0 aromatic rings. The molecule has 1 amide bonds. The molecule has 1 N–H and O–H groups in total. The van der Waals surface area contributed by atoms with Crippen molar-refractivity contribution in [2.45, 2.75) is 47.5 Å². The van der Waals surface area contributed by atoms with Gasteiger partial charge in [0.15, 0.2) is 0 Å². The number of nitrogens with one attached hydrogen (secondary N) is 1. The van der Waals surface area contributed by atoms with Crippen LogP contribution in [0.4, 0.5) is 0 Å². The van der Waals surface area contributed by atoms with Crippen LogP contribution in [-0.2, 0) is 14.3 Å². The number of ether oxygens (including phenoxy) is 1. The Morgan fingerprint density at radius 1 is 1.32 bits per heavy atom. The molecule has 0 rings (SSSR count). The summed E-state index contributed by atoms with van der Waals surface area (Å²) in [5.41, 5.74) is 0.555. The predicted molar refractivity (Wildman–Crippen MR) is 76.6 cm³/mol. The first-order chi connectivity index (χ1) is 8.67. The first-order valence-corrected chi connectivity index (χ1v) is 6.77. The molecular formula is C15H27NO3. The van der Waals surface area contributed by atoms with E-state index < -0.39 is 0 Å². The Balaban J connectivity index is 4.02. The van der Waals surface area contributed by atoms with Crippen molar-refractivity contribution in [2.75, 3.05) is 13.2 Å². The molecular weight excluding hydrogens is 242 g/mol. The van der Waals surface area contributed by atoms with Gasteiger partial charge in [-0.3, -0.25) is 9.59 Å². The summed E-state index contributed by atoms with van der Waals surface area (Å²) in [4.78, 5) is 23.1. The molecule has 0 aliphatic carbocycles. The summed E-state index contributed by atoms with van der Waals surface area (Å²) in [6.45, 7) is 14.0. The monoisotopic (exact) mass is 269 g/mol. The van der Waals surface area contributed by atoms with Crippen molar-refractivity contribution in [3.8, 4) is 0 Å². The predicted octanol–water partition coefficient (Wildman–Crippen LogP) is 2.68. The summed E-state index contributed by atoms with van der Waals surface area (Å²) in [5, 5.41) is 2.63. The summed E-state index contributed by atoms with van der Waals surface area (Å²) in [5.74, 6) is -0.461. The molecule has 0 saturated carbocycles. The molecule has 110 valence electrons. The number of carbonyl (C=O) groups excluding carboxylic acids is 2. The van der Waals surface area contributed by atoms with E-state index >= 15 is 0 Å². The Bertz CT molecular complexity index is 329. The fourth-order valence-corrected chi connectivity index (χ4v) is 1.72. The van der Waals surface area contributed by atoms with Crippen LogP contribution in [-0.4, -0.2) is 25.0 Å². The summed E-state index contributed by atoms with van der Waals surface area (Å²) < 4.78 is 5.19. The lowest BCUT2D eigenvalue weighted by Crippen LogP contribution is -2.30. The molecule has 0 saturated heterocycles. The highest BCUT2D eigenvalue weighted by molar-refractivity contribution is 5.92. The summed E-state index contributed by atoms with van der Waals surface area (Å²) in [6, 6.07) is 0. The van der Waals surface area contributed by atoms with Crippen LogP contribution in [0.25, 0.3) is 0 Å². The van der Waals surface area contributed by atoms with Gasteiger partial charge in [-0.25, -0.2) is 0 Å². The second-order valence-electron chi connectivity index (χ2n) is 6.07. The number of hydrogen-bond acceptors (Lipinski definition) is 3. The van der Waals surface area contributed by atoms with Gasteiger partial charge in [0.05, 0.1) is 12.5 Å². The molecule has 19 heavy (non-hydrogen) atoms. The van der Waals surface area contributed by atoms with Crippen molar-refractivity contribution in [3.63, 3.8) is 0 Å². The van der Waals surface area contributed by atoms with Gasteiger partial charge >= 0.3 is 5.97 Å². The first-order valence-electron chi connectivity index (χ1n) is 6.77. The molecule has 0 radical (unpaired) electrons. The topological polar surface area (TPSA) is 55.4 Å². The van der Waals surface area contributed by atoms with Gasteiger partial charge in [0.2, 0.25) is 5.91 Å². The van der Waals surface area contributed by atoms with Crippen molar-refractivity contribution < 1.29 is 14.3 Å². The third kappa shape index (κ3) is 8.41. The first kappa shape index (κ1) is 17.7. The summed E-state index contributed by atoms with van der Waals surface area (Å²) in [6.07, 6.45) is 1.58. The molecule has 0 heterocycles. The molecule has 0 spiro atoms. The van der Waals surface area contributed by atoms with Crippen LogP contribution in [0.2, 0.25) is 0 Å². The quantitative estimate of drug-likeness (QED) is 0.439. The molecule has 4 heteroatoms. The third-order valence-electron chi connectivity index (χ3n) is 2.70. The van der Waals surface area contributed by atoms with Crippen molar-refractivity contribution in [2.24, 2.45) is 11.3 Å². The van der Waals surface area contributed by atoms with Crippen molar-refractivity contribution in [1.82, 2.24) is 5.32 Å².